The Morgan fingerprint density at radius 2 is 1.84 bits per heavy atom. The second-order valence-corrected chi connectivity index (χ2v) is 6.53. The molecule has 25 heavy (non-hydrogen) atoms. The van der Waals surface area contributed by atoms with Gasteiger partial charge in [0.25, 0.3) is 5.91 Å². The summed E-state index contributed by atoms with van der Waals surface area (Å²) in [6.45, 7) is 1.93. The molecule has 0 saturated carbocycles. The smallest absolute Gasteiger partial charge is 0.253 e. The van der Waals surface area contributed by atoms with Gasteiger partial charge in [0.15, 0.2) is 0 Å². The Morgan fingerprint density at radius 1 is 1.04 bits per heavy atom. The summed E-state index contributed by atoms with van der Waals surface area (Å²) in [5.41, 5.74) is 3.44. The Labute approximate surface area is 156 Å². The zero-order valence-electron chi connectivity index (χ0n) is 13.5. The zero-order chi connectivity index (χ0) is 17.8. The molecule has 0 aliphatic rings. The van der Waals surface area contributed by atoms with Crippen LogP contribution in [0, 0.1) is 0 Å². The Bertz CT molecular complexity index is 897. The summed E-state index contributed by atoms with van der Waals surface area (Å²) in [6, 6.07) is 16.6. The molecule has 3 rings (SSSR count). The van der Waals surface area contributed by atoms with E-state index in [0.717, 1.165) is 16.7 Å². The molecule has 0 spiro atoms. The first kappa shape index (κ1) is 17.5. The molecular formula is C20H16Cl2N2O. The van der Waals surface area contributed by atoms with E-state index in [4.69, 9.17) is 23.2 Å². The second kappa shape index (κ2) is 7.68. The van der Waals surface area contributed by atoms with Gasteiger partial charge < -0.3 is 5.32 Å². The highest BCUT2D eigenvalue weighted by Gasteiger charge is 2.15. The number of rotatable bonds is 4. The van der Waals surface area contributed by atoms with Gasteiger partial charge in [0, 0.05) is 17.4 Å². The highest BCUT2D eigenvalue weighted by atomic mass is 35.5. The van der Waals surface area contributed by atoms with E-state index in [1.165, 1.54) is 0 Å². The van der Waals surface area contributed by atoms with Crippen LogP contribution in [0.25, 0.3) is 11.1 Å². The monoisotopic (exact) mass is 370 g/mol. The molecule has 0 radical (unpaired) electrons. The van der Waals surface area contributed by atoms with Gasteiger partial charge in [-0.1, -0.05) is 47.5 Å². The third-order valence-corrected chi connectivity index (χ3v) is 4.47. The van der Waals surface area contributed by atoms with Crippen LogP contribution in [-0.2, 0) is 0 Å². The Balaban J connectivity index is 1.81. The van der Waals surface area contributed by atoms with Gasteiger partial charge in [0.1, 0.15) is 0 Å². The number of halogens is 2. The summed E-state index contributed by atoms with van der Waals surface area (Å²) in [5.74, 6) is -0.258. The predicted octanol–water partition coefficient (Wildman–Crippen LogP) is 5.55. The minimum atomic E-state index is -0.258. The Kier molecular flexibility index (Phi) is 5.37. The van der Waals surface area contributed by atoms with Crippen molar-refractivity contribution in [1.29, 1.82) is 0 Å². The van der Waals surface area contributed by atoms with E-state index in [0.29, 0.717) is 15.6 Å². The van der Waals surface area contributed by atoms with Crippen molar-refractivity contribution in [1.82, 2.24) is 10.3 Å². The van der Waals surface area contributed by atoms with Crippen LogP contribution in [0.15, 0.2) is 67.0 Å². The van der Waals surface area contributed by atoms with Crippen LogP contribution >= 0.6 is 23.2 Å². The van der Waals surface area contributed by atoms with Gasteiger partial charge in [-0.2, -0.15) is 0 Å². The highest BCUT2D eigenvalue weighted by Crippen LogP contribution is 2.24. The van der Waals surface area contributed by atoms with E-state index in [2.05, 4.69) is 10.3 Å². The summed E-state index contributed by atoms with van der Waals surface area (Å²) < 4.78 is 0. The number of aromatic nitrogens is 1. The summed E-state index contributed by atoms with van der Waals surface area (Å²) in [7, 11) is 0. The molecule has 1 heterocycles. The molecule has 5 heteroatoms. The van der Waals surface area contributed by atoms with Crippen molar-refractivity contribution in [3.05, 3.63) is 88.2 Å². The number of carbonyl (C=O) groups is 1. The average molecular weight is 371 g/mol. The van der Waals surface area contributed by atoms with Crippen molar-refractivity contribution in [3.8, 4) is 11.1 Å². The minimum absolute atomic E-state index is 0.181. The molecule has 0 fully saturated rings. The van der Waals surface area contributed by atoms with Crippen LogP contribution < -0.4 is 5.32 Å². The van der Waals surface area contributed by atoms with E-state index >= 15 is 0 Å². The summed E-state index contributed by atoms with van der Waals surface area (Å²) >= 11 is 12.1. The lowest BCUT2D eigenvalue weighted by atomic mass is 10.0. The lowest BCUT2D eigenvalue weighted by Gasteiger charge is -2.16. The Morgan fingerprint density at radius 3 is 2.60 bits per heavy atom. The molecule has 1 aromatic heterocycles. The fourth-order valence-corrected chi connectivity index (χ4v) is 2.93. The van der Waals surface area contributed by atoms with E-state index in [1.54, 1.807) is 24.4 Å². The van der Waals surface area contributed by atoms with Gasteiger partial charge in [-0.05, 0) is 53.9 Å². The lowest BCUT2D eigenvalue weighted by molar-refractivity contribution is 0.0940. The molecule has 0 saturated heterocycles. The van der Waals surface area contributed by atoms with E-state index < -0.39 is 0 Å². The first-order chi connectivity index (χ1) is 12.0. The van der Waals surface area contributed by atoms with E-state index in [-0.39, 0.29) is 11.9 Å². The SMILES string of the molecule is CC(NC(=O)c1cc(Cl)ccc1Cl)c1cccc(-c2cccnc2)c1. The summed E-state index contributed by atoms with van der Waals surface area (Å²) in [5, 5.41) is 3.81. The molecule has 1 atom stereocenters. The number of hydrogen-bond donors (Lipinski definition) is 1. The van der Waals surface area contributed by atoms with Crippen molar-refractivity contribution < 1.29 is 4.79 Å². The van der Waals surface area contributed by atoms with E-state index in [9.17, 15) is 4.79 Å². The maximum absolute atomic E-state index is 12.5. The van der Waals surface area contributed by atoms with Gasteiger partial charge in [-0.3, -0.25) is 9.78 Å². The van der Waals surface area contributed by atoms with Crippen molar-refractivity contribution in [3.63, 3.8) is 0 Å². The minimum Gasteiger partial charge on any atom is -0.345 e. The maximum Gasteiger partial charge on any atom is 0.253 e. The molecule has 1 N–H and O–H groups in total. The van der Waals surface area contributed by atoms with Crippen LogP contribution in [0.1, 0.15) is 28.9 Å². The molecule has 2 aromatic carbocycles. The molecule has 1 unspecified atom stereocenters. The molecule has 0 bridgehead atoms. The van der Waals surface area contributed by atoms with Gasteiger partial charge in [0.2, 0.25) is 0 Å². The largest absolute Gasteiger partial charge is 0.345 e. The van der Waals surface area contributed by atoms with Crippen LogP contribution in [0.2, 0.25) is 10.0 Å². The summed E-state index contributed by atoms with van der Waals surface area (Å²) in [4.78, 5) is 16.6. The van der Waals surface area contributed by atoms with E-state index in [1.807, 2.05) is 49.5 Å². The number of pyridine rings is 1. The topological polar surface area (TPSA) is 42.0 Å². The molecule has 3 nitrogen and oxygen atoms in total. The maximum atomic E-state index is 12.5. The molecule has 0 aliphatic heterocycles. The van der Waals surface area contributed by atoms with Crippen molar-refractivity contribution >= 4 is 29.1 Å². The molecule has 1 amide bonds. The van der Waals surface area contributed by atoms with Crippen LogP contribution in [-0.4, -0.2) is 10.9 Å². The molecule has 126 valence electrons. The third kappa shape index (κ3) is 4.19. The van der Waals surface area contributed by atoms with Crippen LogP contribution in [0.4, 0.5) is 0 Å². The fraction of sp³-hybridized carbons (Fsp3) is 0.100. The summed E-state index contributed by atoms with van der Waals surface area (Å²) in [6.07, 6.45) is 3.55. The number of nitrogens with one attached hydrogen (secondary N) is 1. The second-order valence-electron chi connectivity index (χ2n) is 5.69. The molecular weight excluding hydrogens is 355 g/mol. The van der Waals surface area contributed by atoms with Gasteiger partial charge >= 0.3 is 0 Å². The van der Waals surface area contributed by atoms with Gasteiger partial charge in [0.05, 0.1) is 16.6 Å². The standard InChI is InChI=1S/C20H16Cl2N2O/c1-13(24-20(25)18-11-17(21)7-8-19(18)22)14-4-2-5-15(10-14)16-6-3-9-23-12-16/h2-13H,1H3,(H,24,25). The van der Waals surface area contributed by atoms with Crippen LogP contribution in [0.5, 0.6) is 0 Å². The number of benzene rings is 2. The highest BCUT2D eigenvalue weighted by molar-refractivity contribution is 6.35. The number of carbonyl (C=O) groups excluding carboxylic acids is 1. The normalized spacial score (nSPS) is 11.8. The quantitative estimate of drug-likeness (QED) is 0.654. The number of amides is 1. The van der Waals surface area contributed by atoms with Gasteiger partial charge in [-0.25, -0.2) is 0 Å². The molecule has 0 aliphatic carbocycles. The first-order valence-electron chi connectivity index (χ1n) is 7.81. The van der Waals surface area contributed by atoms with Crippen LogP contribution in [0.3, 0.4) is 0 Å². The lowest BCUT2D eigenvalue weighted by Crippen LogP contribution is -2.26. The zero-order valence-corrected chi connectivity index (χ0v) is 15.1. The van der Waals surface area contributed by atoms with Gasteiger partial charge in [-0.15, -0.1) is 0 Å². The first-order valence-corrected chi connectivity index (χ1v) is 8.56. The van der Waals surface area contributed by atoms with Crippen molar-refractivity contribution in [2.24, 2.45) is 0 Å². The predicted molar refractivity (Wildman–Crippen MR) is 102 cm³/mol. The van der Waals surface area contributed by atoms with Crippen molar-refractivity contribution in [2.45, 2.75) is 13.0 Å². The number of hydrogen-bond acceptors (Lipinski definition) is 2. The fourth-order valence-electron chi connectivity index (χ4n) is 2.55. The third-order valence-electron chi connectivity index (χ3n) is 3.90. The number of nitrogens with zero attached hydrogens (tertiary/aromatic N) is 1. The molecule has 3 aromatic rings. The van der Waals surface area contributed by atoms with Crippen molar-refractivity contribution in [2.75, 3.05) is 0 Å². The Hall–Kier alpha value is -2.36. The average Bonchev–Trinajstić information content (AvgIpc) is 2.64.